The highest BCUT2D eigenvalue weighted by Gasteiger charge is 2.07. The van der Waals surface area contributed by atoms with Crippen LogP contribution in [0.25, 0.3) is 22.0 Å². The zero-order chi connectivity index (χ0) is 18.6. The normalized spacial score (nSPS) is 11.1. The SMILES string of the molecule is O=C(N/N=C\c1cn[nH]c1-c1ccc(Br)cc1)c1ccc2ccccc2c1. The third-order valence-corrected chi connectivity index (χ3v) is 4.71. The van der Waals surface area contributed by atoms with Crippen molar-refractivity contribution in [3.8, 4) is 11.3 Å². The van der Waals surface area contributed by atoms with Gasteiger partial charge in [0.2, 0.25) is 0 Å². The van der Waals surface area contributed by atoms with Gasteiger partial charge in [0.1, 0.15) is 0 Å². The average Bonchev–Trinajstić information content (AvgIpc) is 3.16. The zero-order valence-electron chi connectivity index (χ0n) is 14.2. The van der Waals surface area contributed by atoms with Crippen LogP contribution in [0.3, 0.4) is 0 Å². The minimum absolute atomic E-state index is 0.259. The summed E-state index contributed by atoms with van der Waals surface area (Å²) in [6.45, 7) is 0. The quantitative estimate of drug-likeness (QED) is 0.370. The molecule has 5 nitrogen and oxygen atoms in total. The van der Waals surface area contributed by atoms with Crippen LogP contribution < -0.4 is 5.43 Å². The molecule has 3 aromatic carbocycles. The second kappa shape index (κ2) is 7.55. The molecule has 0 fully saturated rings. The van der Waals surface area contributed by atoms with Gasteiger partial charge < -0.3 is 0 Å². The van der Waals surface area contributed by atoms with Crippen molar-refractivity contribution in [2.75, 3.05) is 0 Å². The number of amides is 1. The number of halogens is 1. The Labute approximate surface area is 164 Å². The van der Waals surface area contributed by atoms with Gasteiger partial charge in [-0.25, -0.2) is 5.43 Å². The molecule has 1 aromatic heterocycles. The van der Waals surface area contributed by atoms with Crippen LogP contribution >= 0.6 is 15.9 Å². The summed E-state index contributed by atoms with van der Waals surface area (Å²) >= 11 is 3.42. The van der Waals surface area contributed by atoms with Crippen LogP contribution in [0, 0.1) is 0 Å². The Morgan fingerprint density at radius 2 is 1.81 bits per heavy atom. The Kier molecular flexibility index (Phi) is 4.80. The summed E-state index contributed by atoms with van der Waals surface area (Å²) in [5.41, 5.74) is 5.74. The van der Waals surface area contributed by atoms with E-state index in [1.807, 2.05) is 60.7 Å². The monoisotopic (exact) mass is 418 g/mol. The second-order valence-corrected chi connectivity index (χ2v) is 6.88. The third kappa shape index (κ3) is 3.80. The smallest absolute Gasteiger partial charge is 0.271 e. The Morgan fingerprint density at radius 3 is 2.63 bits per heavy atom. The van der Waals surface area contributed by atoms with E-state index in [2.05, 4.69) is 36.7 Å². The lowest BCUT2D eigenvalue weighted by Gasteiger charge is -2.03. The fraction of sp³-hybridized carbons (Fsp3) is 0. The van der Waals surface area contributed by atoms with Gasteiger partial charge in [-0.05, 0) is 35.0 Å². The molecule has 2 N–H and O–H groups in total. The van der Waals surface area contributed by atoms with E-state index in [-0.39, 0.29) is 5.91 Å². The number of benzene rings is 3. The maximum absolute atomic E-state index is 12.4. The number of rotatable bonds is 4. The summed E-state index contributed by atoms with van der Waals surface area (Å²) in [6.07, 6.45) is 3.25. The molecule has 0 radical (unpaired) electrons. The van der Waals surface area contributed by atoms with Crippen LogP contribution in [0.4, 0.5) is 0 Å². The van der Waals surface area contributed by atoms with Crippen LogP contribution in [0.15, 0.2) is 82.5 Å². The van der Waals surface area contributed by atoms with Crippen molar-refractivity contribution in [2.24, 2.45) is 5.10 Å². The first kappa shape index (κ1) is 17.2. The average molecular weight is 419 g/mol. The fourth-order valence-electron chi connectivity index (χ4n) is 2.80. The van der Waals surface area contributed by atoms with Gasteiger partial charge in [-0.3, -0.25) is 9.89 Å². The number of carbonyl (C=O) groups is 1. The van der Waals surface area contributed by atoms with E-state index in [0.29, 0.717) is 5.56 Å². The second-order valence-electron chi connectivity index (χ2n) is 5.97. The van der Waals surface area contributed by atoms with Gasteiger partial charge in [-0.2, -0.15) is 10.2 Å². The Hall–Kier alpha value is -3.25. The zero-order valence-corrected chi connectivity index (χ0v) is 15.8. The maximum atomic E-state index is 12.4. The third-order valence-electron chi connectivity index (χ3n) is 4.18. The van der Waals surface area contributed by atoms with E-state index >= 15 is 0 Å². The van der Waals surface area contributed by atoms with Gasteiger partial charge in [-0.1, -0.05) is 58.4 Å². The van der Waals surface area contributed by atoms with Crippen molar-refractivity contribution >= 4 is 38.8 Å². The van der Waals surface area contributed by atoms with E-state index in [1.165, 1.54) is 0 Å². The Bertz CT molecular complexity index is 1130. The number of hydrogen-bond donors (Lipinski definition) is 2. The molecular weight excluding hydrogens is 404 g/mol. The highest BCUT2D eigenvalue weighted by Crippen LogP contribution is 2.22. The number of aromatic amines is 1. The van der Waals surface area contributed by atoms with Gasteiger partial charge in [0.25, 0.3) is 5.91 Å². The molecule has 4 rings (SSSR count). The van der Waals surface area contributed by atoms with Crippen LogP contribution in [0.2, 0.25) is 0 Å². The van der Waals surface area contributed by atoms with Crippen molar-refractivity contribution < 1.29 is 4.79 Å². The molecule has 0 bridgehead atoms. The van der Waals surface area contributed by atoms with Crippen LogP contribution in [-0.2, 0) is 0 Å². The molecule has 0 saturated heterocycles. The highest BCUT2D eigenvalue weighted by atomic mass is 79.9. The van der Waals surface area contributed by atoms with E-state index in [4.69, 9.17) is 0 Å². The number of nitrogens with one attached hydrogen (secondary N) is 2. The number of nitrogens with zero attached hydrogens (tertiary/aromatic N) is 2. The largest absolute Gasteiger partial charge is 0.277 e. The first-order valence-corrected chi connectivity index (χ1v) is 9.11. The number of H-pyrrole nitrogens is 1. The fourth-order valence-corrected chi connectivity index (χ4v) is 3.06. The lowest BCUT2D eigenvalue weighted by atomic mass is 10.1. The van der Waals surface area contributed by atoms with E-state index < -0.39 is 0 Å². The number of carbonyl (C=O) groups excluding carboxylic acids is 1. The molecule has 0 atom stereocenters. The Morgan fingerprint density at radius 1 is 1.04 bits per heavy atom. The molecular formula is C21H15BrN4O. The lowest BCUT2D eigenvalue weighted by Crippen LogP contribution is -2.17. The van der Waals surface area contributed by atoms with E-state index in [1.54, 1.807) is 18.5 Å². The van der Waals surface area contributed by atoms with Crippen molar-refractivity contribution in [1.29, 1.82) is 0 Å². The summed E-state index contributed by atoms with van der Waals surface area (Å²) in [5, 5.41) is 13.2. The van der Waals surface area contributed by atoms with Gasteiger partial charge >= 0.3 is 0 Å². The van der Waals surface area contributed by atoms with Crippen molar-refractivity contribution in [2.45, 2.75) is 0 Å². The van der Waals surface area contributed by atoms with E-state index in [0.717, 1.165) is 32.1 Å². The van der Waals surface area contributed by atoms with Crippen molar-refractivity contribution in [3.05, 3.63) is 88.5 Å². The summed E-state index contributed by atoms with van der Waals surface area (Å²) in [6, 6.07) is 21.3. The summed E-state index contributed by atoms with van der Waals surface area (Å²) in [4.78, 5) is 12.4. The molecule has 4 aromatic rings. The van der Waals surface area contributed by atoms with Crippen molar-refractivity contribution in [1.82, 2.24) is 15.6 Å². The molecule has 6 heteroatoms. The van der Waals surface area contributed by atoms with E-state index in [9.17, 15) is 4.79 Å². The predicted octanol–water partition coefficient (Wildman–Crippen LogP) is 4.76. The minimum Gasteiger partial charge on any atom is -0.277 e. The molecule has 0 aliphatic heterocycles. The first-order chi connectivity index (χ1) is 13.2. The highest BCUT2D eigenvalue weighted by molar-refractivity contribution is 9.10. The molecule has 0 spiro atoms. The summed E-state index contributed by atoms with van der Waals surface area (Å²) < 4.78 is 1.00. The topological polar surface area (TPSA) is 70.1 Å². The molecule has 0 aliphatic carbocycles. The summed E-state index contributed by atoms with van der Waals surface area (Å²) in [7, 11) is 0. The molecule has 0 aliphatic rings. The standard InChI is InChI=1S/C21H15BrN4O/c22-19-9-7-15(8-10-19)20-18(12-23-25-20)13-24-26-21(27)17-6-5-14-3-1-2-4-16(14)11-17/h1-13H,(H,23,25)(H,26,27)/b24-13-. The minimum atomic E-state index is -0.259. The van der Waals surface area contributed by atoms with Crippen LogP contribution in [0.5, 0.6) is 0 Å². The first-order valence-electron chi connectivity index (χ1n) is 8.32. The number of hydrazone groups is 1. The predicted molar refractivity (Wildman–Crippen MR) is 111 cm³/mol. The van der Waals surface area contributed by atoms with Gasteiger partial charge in [0.15, 0.2) is 0 Å². The lowest BCUT2D eigenvalue weighted by molar-refractivity contribution is 0.0955. The summed E-state index contributed by atoms with van der Waals surface area (Å²) in [5.74, 6) is -0.259. The number of hydrogen-bond acceptors (Lipinski definition) is 3. The molecule has 1 amide bonds. The van der Waals surface area contributed by atoms with Gasteiger partial charge in [-0.15, -0.1) is 0 Å². The van der Waals surface area contributed by atoms with Gasteiger partial charge in [0, 0.05) is 21.2 Å². The van der Waals surface area contributed by atoms with Crippen LogP contribution in [-0.4, -0.2) is 22.3 Å². The van der Waals surface area contributed by atoms with Crippen LogP contribution in [0.1, 0.15) is 15.9 Å². The van der Waals surface area contributed by atoms with Gasteiger partial charge in [0.05, 0.1) is 18.1 Å². The number of fused-ring (bicyclic) bond motifs is 1. The molecule has 27 heavy (non-hydrogen) atoms. The molecule has 132 valence electrons. The van der Waals surface area contributed by atoms with Crippen molar-refractivity contribution in [3.63, 3.8) is 0 Å². The molecule has 1 heterocycles. The molecule has 0 saturated carbocycles. The number of aromatic nitrogens is 2. The Balaban J connectivity index is 1.50. The molecule has 0 unspecified atom stereocenters. The maximum Gasteiger partial charge on any atom is 0.271 e.